The lowest BCUT2D eigenvalue weighted by Crippen LogP contribution is -1.87. The molecule has 0 saturated carbocycles. The van der Waals surface area contributed by atoms with Gasteiger partial charge in [-0.2, -0.15) is 0 Å². The molecule has 0 aliphatic carbocycles. The summed E-state index contributed by atoms with van der Waals surface area (Å²) in [6, 6.07) is 18.6. The first-order valence-corrected chi connectivity index (χ1v) is 20.0. The molecule has 0 nitrogen and oxygen atoms in total. The first-order valence-electron chi connectivity index (χ1n) is 16.5. The van der Waals surface area contributed by atoms with Gasteiger partial charge in [-0.25, -0.2) is 0 Å². The van der Waals surface area contributed by atoms with Crippen LogP contribution in [0.4, 0.5) is 0 Å². The summed E-state index contributed by atoms with van der Waals surface area (Å²) in [5, 5.41) is 0. The van der Waals surface area contributed by atoms with E-state index in [1.807, 2.05) is 31.4 Å². The van der Waals surface area contributed by atoms with Crippen molar-refractivity contribution in [3.8, 4) is 0 Å². The van der Waals surface area contributed by atoms with E-state index in [4.69, 9.17) is 0 Å². The minimum atomic E-state index is 1.23. The monoisotopic (exact) mass is 586 g/mol. The topological polar surface area (TPSA) is 0 Å². The van der Waals surface area contributed by atoms with E-state index in [2.05, 4.69) is 62.4 Å². The number of hydrogen-bond donors (Lipinski definition) is 0. The van der Waals surface area contributed by atoms with Gasteiger partial charge < -0.3 is 0 Å². The van der Waals surface area contributed by atoms with Crippen LogP contribution in [-0.2, 0) is 12.8 Å². The van der Waals surface area contributed by atoms with Crippen molar-refractivity contribution in [1.82, 2.24) is 0 Å². The molecule has 0 amide bonds. The Bertz CT molecular complexity index is 716. The highest BCUT2D eigenvalue weighted by atomic mass is 33.5. The van der Waals surface area contributed by atoms with Crippen molar-refractivity contribution < 1.29 is 0 Å². The fourth-order valence-corrected chi connectivity index (χ4v) is 8.80. The zero-order valence-electron chi connectivity index (χ0n) is 25.4. The van der Waals surface area contributed by atoms with Crippen LogP contribution in [0.1, 0.15) is 153 Å². The predicted molar refractivity (Wildman–Crippen MR) is 183 cm³/mol. The average molecular weight is 587 g/mol. The molecule has 2 aromatic carbocycles. The Kier molecular flexibility index (Phi) is 22.4. The lowest BCUT2D eigenvalue weighted by Gasteiger charge is -2.06. The van der Waals surface area contributed by atoms with E-state index < -0.39 is 0 Å². The molecule has 0 atom stereocenters. The summed E-state index contributed by atoms with van der Waals surface area (Å²) in [7, 11) is 5.64. The highest BCUT2D eigenvalue weighted by Gasteiger charge is 2.01. The molecule has 0 bridgehead atoms. The molecule has 2 rings (SSSR count). The minimum Gasteiger partial charge on any atom is -0.0654 e. The van der Waals surface area contributed by atoms with Gasteiger partial charge >= 0.3 is 0 Å². The van der Waals surface area contributed by atoms with Crippen LogP contribution in [0.3, 0.4) is 0 Å². The van der Waals surface area contributed by atoms with Crippen LogP contribution in [0, 0.1) is 0 Å². The fraction of sp³-hybridized carbons (Fsp3) is 0.667. The summed E-state index contributed by atoms with van der Waals surface area (Å²) in [6.07, 6.45) is 30.7. The first kappa shape index (κ1) is 34.7. The Labute approximate surface area is 254 Å². The van der Waals surface area contributed by atoms with Crippen LogP contribution in [0.25, 0.3) is 0 Å². The molecule has 220 valence electrons. The molecule has 39 heavy (non-hydrogen) atoms. The number of unbranched alkanes of at least 4 members (excludes halogenated alkanes) is 18. The standard InChI is InChI=1S/C36H58S3/c1-3-5-7-9-11-13-15-17-19-21-23-33-25-29-35(30-26-33)37-39-38-36-31-27-34(28-32-36)24-22-20-18-16-14-12-10-8-6-4-2/h25-32H,3-24H2,1-2H3. The van der Waals surface area contributed by atoms with Gasteiger partial charge in [0.1, 0.15) is 0 Å². The number of rotatable bonds is 26. The van der Waals surface area contributed by atoms with E-state index in [1.165, 1.54) is 162 Å². The van der Waals surface area contributed by atoms with Crippen LogP contribution < -0.4 is 0 Å². The molecule has 0 spiro atoms. The smallest absolute Gasteiger partial charge is 0.0191 e. The molecular formula is C36H58S3. The van der Waals surface area contributed by atoms with E-state index >= 15 is 0 Å². The summed E-state index contributed by atoms with van der Waals surface area (Å²) < 4.78 is 0. The Morgan fingerprint density at radius 2 is 0.641 bits per heavy atom. The molecular weight excluding hydrogens is 529 g/mol. The van der Waals surface area contributed by atoms with Crippen molar-refractivity contribution in [2.75, 3.05) is 0 Å². The van der Waals surface area contributed by atoms with Crippen molar-refractivity contribution >= 4 is 31.4 Å². The van der Waals surface area contributed by atoms with Gasteiger partial charge in [-0.05, 0) is 92.5 Å². The minimum absolute atomic E-state index is 1.23. The fourth-order valence-electron chi connectivity index (χ4n) is 5.15. The Hall–Kier alpha value is -0.510. The van der Waals surface area contributed by atoms with E-state index in [0.717, 1.165) is 0 Å². The van der Waals surface area contributed by atoms with Crippen LogP contribution in [-0.4, -0.2) is 0 Å². The average Bonchev–Trinajstić information content (AvgIpc) is 2.96. The van der Waals surface area contributed by atoms with Crippen molar-refractivity contribution in [2.24, 2.45) is 0 Å². The van der Waals surface area contributed by atoms with Crippen molar-refractivity contribution in [3.63, 3.8) is 0 Å². The summed E-state index contributed by atoms with van der Waals surface area (Å²) in [5.74, 6) is 0. The van der Waals surface area contributed by atoms with E-state index in [1.54, 1.807) is 0 Å². The largest absolute Gasteiger partial charge is 0.0654 e. The molecule has 3 heteroatoms. The summed E-state index contributed by atoms with van der Waals surface area (Å²) in [4.78, 5) is 2.72. The second kappa shape index (κ2) is 25.2. The summed E-state index contributed by atoms with van der Waals surface area (Å²) in [5.41, 5.74) is 2.99. The highest BCUT2D eigenvalue weighted by Crippen LogP contribution is 2.44. The second-order valence-electron chi connectivity index (χ2n) is 11.4. The molecule has 0 radical (unpaired) electrons. The lowest BCUT2D eigenvalue weighted by atomic mass is 10.0. The third-order valence-electron chi connectivity index (χ3n) is 7.75. The molecule has 0 aliphatic rings. The van der Waals surface area contributed by atoms with E-state index in [0.29, 0.717) is 0 Å². The predicted octanol–water partition coefficient (Wildman–Crippen LogP) is 14.1. The highest BCUT2D eigenvalue weighted by molar-refractivity contribution is 9.09. The third-order valence-corrected chi connectivity index (χ3v) is 11.6. The number of aryl methyl sites for hydroxylation is 2. The van der Waals surface area contributed by atoms with Gasteiger partial charge in [0, 0.05) is 9.79 Å². The van der Waals surface area contributed by atoms with Crippen molar-refractivity contribution in [1.29, 1.82) is 0 Å². The number of benzene rings is 2. The van der Waals surface area contributed by atoms with Crippen LogP contribution >= 0.6 is 31.4 Å². The zero-order chi connectivity index (χ0) is 27.6. The second-order valence-corrected chi connectivity index (χ2v) is 15.4. The quantitative estimate of drug-likeness (QED) is 0.0794. The van der Waals surface area contributed by atoms with Gasteiger partial charge in [0.25, 0.3) is 0 Å². The summed E-state index contributed by atoms with van der Waals surface area (Å²) in [6.45, 7) is 4.59. The van der Waals surface area contributed by atoms with Gasteiger partial charge in [-0.1, -0.05) is 154 Å². The lowest BCUT2D eigenvalue weighted by molar-refractivity contribution is 0.556. The van der Waals surface area contributed by atoms with E-state index in [9.17, 15) is 0 Å². The molecule has 0 aliphatic heterocycles. The maximum absolute atomic E-state index is 2.34. The van der Waals surface area contributed by atoms with Crippen molar-refractivity contribution in [3.05, 3.63) is 59.7 Å². The third kappa shape index (κ3) is 19.3. The normalized spacial score (nSPS) is 11.3. The maximum atomic E-state index is 2.34. The Morgan fingerprint density at radius 3 is 0.949 bits per heavy atom. The SMILES string of the molecule is CCCCCCCCCCCCc1ccc(SSSc2ccc(CCCCCCCCCCCC)cc2)cc1. The Balaban J connectivity index is 1.46. The molecule has 2 aromatic rings. The first-order chi connectivity index (χ1) is 19.3. The molecule has 0 heterocycles. The van der Waals surface area contributed by atoms with Crippen LogP contribution in [0.15, 0.2) is 58.3 Å². The van der Waals surface area contributed by atoms with Crippen LogP contribution in [0.5, 0.6) is 0 Å². The van der Waals surface area contributed by atoms with Crippen LogP contribution in [0.2, 0.25) is 0 Å². The van der Waals surface area contributed by atoms with Gasteiger partial charge in [-0.15, -0.1) is 0 Å². The van der Waals surface area contributed by atoms with E-state index in [-0.39, 0.29) is 0 Å². The molecule has 0 N–H and O–H groups in total. The van der Waals surface area contributed by atoms with Gasteiger partial charge in [0.2, 0.25) is 0 Å². The summed E-state index contributed by atoms with van der Waals surface area (Å²) >= 11 is 0. The molecule has 0 fully saturated rings. The van der Waals surface area contributed by atoms with Gasteiger partial charge in [0.15, 0.2) is 0 Å². The van der Waals surface area contributed by atoms with Gasteiger partial charge in [-0.3, -0.25) is 0 Å². The molecule has 0 aromatic heterocycles. The maximum Gasteiger partial charge on any atom is 0.0191 e. The molecule has 0 unspecified atom stereocenters. The van der Waals surface area contributed by atoms with Crippen molar-refractivity contribution in [2.45, 2.75) is 165 Å². The zero-order valence-corrected chi connectivity index (χ0v) is 27.8. The van der Waals surface area contributed by atoms with Gasteiger partial charge in [0.05, 0.1) is 0 Å². The molecule has 0 saturated heterocycles. The number of hydrogen-bond acceptors (Lipinski definition) is 3. The Morgan fingerprint density at radius 1 is 0.359 bits per heavy atom.